The van der Waals surface area contributed by atoms with E-state index in [4.69, 9.17) is 28.9 Å². The van der Waals surface area contributed by atoms with Crippen molar-refractivity contribution in [1.29, 1.82) is 0 Å². The van der Waals surface area contributed by atoms with Gasteiger partial charge in [-0.15, -0.1) is 16.4 Å². The number of nitrogens with zero attached hydrogens (tertiary/aromatic N) is 4. The van der Waals surface area contributed by atoms with Crippen LogP contribution in [0.1, 0.15) is 11.3 Å². The summed E-state index contributed by atoms with van der Waals surface area (Å²) in [7, 11) is -3.88. The van der Waals surface area contributed by atoms with Crippen molar-refractivity contribution in [2.45, 2.75) is 30.2 Å². The average molecular weight is 639 g/mol. The van der Waals surface area contributed by atoms with Crippen LogP contribution in [0.25, 0.3) is 10.2 Å². The van der Waals surface area contributed by atoms with Crippen LogP contribution in [0, 0.1) is 0 Å². The number of hydrogen-bond donors (Lipinski definition) is 3. The molecule has 230 valence electrons. The number of aliphatic hydroxyl groups excluding tert-OH is 1. The van der Waals surface area contributed by atoms with Gasteiger partial charge in [0.25, 0.3) is 10.0 Å². The number of aromatic nitrogens is 4. The standard InChI is InChI=1S/C24H27FN6O7S2.CO2/c25-10-18(32)15-38-19-3-1-2-16(8-19)13-36-7-6-27-23(33)12-31-11-17(29-30-31)14-37-20-4-5-22-21(9-20)28-24(39-22)40(26,34)35;2-1-3/h1-5,8-9,11,18,32H,6-7,10,12-15H2,(H,27,33)(H2,26,34,35);. The number of ether oxygens (including phenoxy) is 3. The maximum absolute atomic E-state index is 12.3. The number of alkyl halides is 1. The molecule has 1 atom stereocenters. The molecular formula is C25H27FN6O9S2. The molecular weight excluding hydrogens is 611 g/mol. The smallest absolute Gasteiger partial charge is 0.373 e. The molecule has 18 heteroatoms. The Labute approximate surface area is 248 Å². The first kappa shape index (κ1) is 33.2. The average Bonchev–Trinajstić information content (AvgIpc) is 3.62. The summed E-state index contributed by atoms with van der Waals surface area (Å²) in [5, 5.41) is 25.0. The molecule has 0 aliphatic rings. The van der Waals surface area contributed by atoms with E-state index in [0.29, 0.717) is 27.4 Å². The van der Waals surface area contributed by atoms with E-state index in [0.717, 1.165) is 16.9 Å². The van der Waals surface area contributed by atoms with E-state index in [1.165, 1.54) is 4.68 Å². The van der Waals surface area contributed by atoms with Crippen LogP contribution in [0.15, 0.2) is 53.0 Å². The van der Waals surface area contributed by atoms with Crippen molar-refractivity contribution in [2.75, 3.05) is 26.4 Å². The number of halogens is 1. The van der Waals surface area contributed by atoms with Gasteiger partial charge in [-0.25, -0.2) is 27.6 Å². The van der Waals surface area contributed by atoms with Crippen LogP contribution in [0.3, 0.4) is 0 Å². The lowest BCUT2D eigenvalue weighted by atomic mass is 10.2. The monoisotopic (exact) mass is 638 g/mol. The summed E-state index contributed by atoms with van der Waals surface area (Å²) >= 11 is 0.975. The lowest BCUT2D eigenvalue weighted by molar-refractivity contribution is -0.191. The zero-order chi connectivity index (χ0) is 31.2. The summed E-state index contributed by atoms with van der Waals surface area (Å²) in [6.07, 6.45) is 0.668. The van der Waals surface area contributed by atoms with Gasteiger partial charge in [0.15, 0.2) is 0 Å². The van der Waals surface area contributed by atoms with Crippen LogP contribution in [-0.4, -0.2) is 78.1 Å². The van der Waals surface area contributed by atoms with Crippen molar-refractivity contribution in [3.8, 4) is 11.5 Å². The van der Waals surface area contributed by atoms with Crippen molar-refractivity contribution in [2.24, 2.45) is 5.14 Å². The number of carbonyl (C=O) groups is 1. The number of primary sulfonamides is 1. The van der Waals surface area contributed by atoms with Crippen LogP contribution in [0.4, 0.5) is 4.39 Å². The van der Waals surface area contributed by atoms with Gasteiger partial charge in [0.2, 0.25) is 10.2 Å². The molecule has 1 amide bonds. The van der Waals surface area contributed by atoms with E-state index in [1.54, 1.807) is 42.6 Å². The van der Waals surface area contributed by atoms with Crippen molar-refractivity contribution < 1.29 is 46.5 Å². The van der Waals surface area contributed by atoms with E-state index in [1.807, 2.05) is 6.07 Å². The first-order chi connectivity index (χ1) is 20.6. The number of hydrogen-bond acceptors (Lipinski definition) is 13. The summed E-state index contributed by atoms with van der Waals surface area (Å²) in [4.78, 5) is 32.5. The first-order valence-electron chi connectivity index (χ1n) is 12.4. The van der Waals surface area contributed by atoms with Crippen LogP contribution in [0.2, 0.25) is 0 Å². The van der Waals surface area contributed by atoms with Gasteiger partial charge in [-0.05, 0) is 29.8 Å². The molecule has 0 bridgehead atoms. The lowest BCUT2D eigenvalue weighted by Crippen LogP contribution is -2.30. The van der Waals surface area contributed by atoms with E-state index in [2.05, 4.69) is 20.6 Å². The quantitative estimate of drug-likeness (QED) is 0.152. The third kappa shape index (κ3) is 11.1. The minimum atomic E-state index is -3.88. The Bertz CT molecular complexity index is 1640. The topological polar surface area (TPSA) is 215 Å². The number of rotatable bonds is 15. The van der Waals surface area contributed by atoms with Crippen LogP contribution in [0.5, 0.6) is 11.5 Å². The minimum absolute atomic E-state index is 0.0434. The number of sulfonamides is 1. The van der Waals surface area contributed by atoms with Gasteiger partial charge in [-0.1, -0.05) is 17.3 Å². The molecule has 4 aromatic rings. The van der Waals surface area contributed by atoms with Gasteiger partial charge in [0.05, 0.1) is 29.6 Å². The summed E-state index contributed by atoms with van der Waals surface area (Å²) < 4.78 is 53.8. The Morgan fingerprint density at radius 2 is 1.93 bits per heavy atom. The fraction of sp³-hybridized carbons (Fsp3) is 0.320. The largest absolute Gasteiger partial charge is 0.491 e. The first-order valence-corrected chi connectivity index (χ1v) is 14.7. The van der Waals surface area contributed by atoms with E-state index in [9.17, 15) is 22.7 Å². The summed E-state index contributed by atoms with van der Waals surface area (Å²) in [5.41, 5.74) is 1.77. The summed E-state index contributed by atoms with van der Waals surface area (Å²) in [5.74, 6) is 0.683. The molecule has 0 fully saturated rings. The number of nitrogens with one attached hydrogen (secondary N) is 1. The summed E-state index contributed by atoms with van der Waals surface area (Å²) in [6.45, 7) is -0.128. The molecule has 2 aromatic carbocycles. The Kier molecular flexibility index (Phi) is 12.6. The number of amides is 1. The van der Waals surface area contributed by atoms with Gasteiger partial charge >= 0.3 is 6.15 Å². The molecule has 15 nitrogen and oxygen atoms in total. The predicted molar refractivity (Wildman–Crippen MR) is 147 cm³/mol. The number of carbonyl (C=O) groups excluding carboxylic acids is 3. The van der Waals surface area contributed by atoms with E-state index >= 15 is 0 Å². The Morgan fingerprint density at radius 1 is 1.16 bits per heavy atom. The number of aliphatic hydroxyl groups is 1. The van der Waals surface area contributed by atoms with E-state index in [-0.39, 0.29) is 55.9 Å². The predicted octanol–water partition coefficient (Wildman–Crippen LogP) is 0.573. The third-order valence-electron chi connectivity index (χ3n) is 5.22. The van der Waals surface area contributed by atoms with Crippen LogP contribution in [-0.2, 0) is 48.9 Å². The minimum Gasteiger partial charge on any atom is -0.491 e. The van der Waals surface area contributed by atoms with Gasteiger partial charge in [0, 0.05) is 12.6 Å². The molecule has 43 heavy (non-hydrogen) atoms. The third-order valence-corrected chi connectivity index (χ3v) is 7.57. The molecule has 1 unspecified atom stereocenters. The fourth-order valence-corrected chi connectivity index (χ4v) is 4.99. The molecule has 0 spiro atoms. The highest BCUT2D eigenvalue weighted by atomic mass is 32.2. The maximum atomic E-state index is 12.3. The molecule has 0 saturated carbocycles. The molecule has 2 heterocycles. The van der Waals surface area contributed by atoms with Gasteiger partial charge in [0.1, 0.15) is 49.7 Å². The van der Waals surface area contributed by atoms with Gasteiger partial charge in [-0.2, -0.15) is 9.59 Å². The lowest BCUT2D eigenvalue weighted by Gasteiger charge is -2.11. The highest BCUT2D eigenvalue weighted by Crippen LogP contribution is 2.28. The number of fused-ring (bicyclic) bond motifs is 1. The molecule has 0 radical (unpaired) electrons. The number of thiazole rings is 1. The highest BCUT2D eigenvalue weighted by Gasteiger charge is 2.15. The Balaban J connectivity index is 0.00000162. The van der Waals surface area contributed by atoms with Crippen molar-refractivity contribution in [3.05, 3.63) is 59.9 Å². The second kappa shape index (κ2) is 16.4. The molecule has 0 saturated heterocycles. The number of benzene rings is 2. The van der Waals surface area contributed by atoms with E-state index < -0.39 is 22.8 Å². The van der Waals surface area contributed by atoms with Crippen LogP contribution < -0.4 is 19.9 Å². The molecule has 4 N–H and O–H groups in total. The van der Waals surface area contributed by atoms with Crippen LogP contribution >= 0.6 is 11.3 Å². The highest BCUT2D eigenvalue weighted by molar-refractivity contribution is 7.91. The fourth-order valence-electron chi connectivity index (χ4n) is 3.35. The summed E-state index contributed by atoms with van der Waals surface area (Å²) in [6, 6.07) is 12.0. The van der Waals surface area contributed by atoms with Crippen molar-refractivity contribution >= 4 is 43.6 Å². The van der Waals surface area contributed by atoms with Gasteiger partial charge < -0.3 is 24.6 Å². The maximum Gasteiger partial charge on any atom is 0.373 e. The van der Waals surface area contributed by atoms with Gasteiger partial charge in [-0.3, -0.25) is 4.79 Å². The Hall–Kier alpha value is -4.32. The second-order valence-corrected chi connectivity index (χ2v) is 11.4. The number of nitrogens with two attached hydrogens (primary N) is 1. The van der Waals surface area contributed by atoms with Crippen molar-refractivity contribution in [3.63, 3.8) is 0 Å². The second-order valence-electron chi connectivity index (χ2n) is 8.60. The molecule has 0 aliphatic carbocycles. The van der Waals surface area contributed by atoms with Crippen molar-refractivity contribution in [1.82, 2.24) is 25.3 Å². The molecule has 4 rings (SSSR count). The SMILES string of the molecule is NS(=O)(=O)c1nc2cc(OCc3cn(CC(=O)NCCOCc4cccc(OCC(O)CF)c4)nn3)ccc2s1.O=C=O. The Morgan fingerprint density at radius 3 is 2.67 bits per heavy atom. The molecule has 0 aliphatic heterocycles. The molecule has 2 aromatic heterocycles. The zero-order valence-electron chi connectivity index (χ0n) is 22.4. The normalized spacial score (nSPS) is 11.7. The zero-order valence-corrected chi connectivity index (χ0v) is 24.1.